The molecule has 1 rings (SSSR count). The van der Waals surface area contributed by atoms with Gasteiger partial charge >= 0.3 is 0 Å². The van der Waals surface area contributed by atoms with Crippen molar-refractivity contribution in [3.63, 3.8) is 0 Å². The van der Waals surface area contributed by atoms with Crippen LogP contribution in [0.2, 0.25) is 0 Å². The summed E-state index contributed by atoms with van der Waals surface area (Å²) >= 11 is 3.20. The van der Waals surface area contributed by atoms with Crippen LogP contribution in [0.4, 0.5) is 5.69 Å². The van der Waals surface area contributed by atoms with Crippen LogP contribution < -0.4 is 14.6 Å². The molecule has 1 aromatic carbocycles. The van der Waals surface area contributed by atoms with Crippen molar-refractivity contribution in [2.45, 2.75) is 0 Å². The SMILES string of the molecule is COc1ccc(Br)cc1NS(N)(=O)=O. The van der Waals surface area contributed by atoms with Gasteiger partial charge in [-0.15, -0.1) is 0 Å². The predicted molar refractivity (Wildman–Crippen MR) is 57.4 cm³/mol. The summed E-state index contributed by atoms with van der Waals surface area (Å²) in [6.07, 6.45) is 0. The Kier molecular flexibility index (Phi) is 3.35. The molecule has 0 aromatic heterocycles. The Morgan fingerprint density at radius 2 is 2.14 bits per heavy atom. The maximum atomic E-state index is 10.8. The van der Waals surface area contributed by atoms with Gasteiger partial charge in [0.2, 0.25) is 0 Å². The predicted octanol–water partition coefficient (Wildman–Crippen LogP) is 1.07. The van der Waals surface area contributed by atoms with E-state index in [0.717, 1.165) is 4.47 Å². The molecule has 3 N–H and O–H groups in total. The summed E-state index contributed by atoms with van der Waals surface area (Å²) in [7, 11) is -2.34. The third kappa shape index (κ3) is 3.17. The second-order valence-electron chi connectivity index (χ2n) is 2.49. The van der Waals surface area contributed by atoms with E-state index in [0.29, 0.717) is 11.4 Å². The van der Waals surface area contributed by atoms with Crippen LogP contribution >= 0.6 is 15.9 Å². The lowest BCUT2D eigenvalue weighted by Gasteiger charge is -2.09. The van der Waals surface area contributed by atoms with E-state index in [2.05, 4.69) is 20.7 Å². The molecular formula is C7H9BrN2O3S. The fourth-order valence-electron chi connectivity index (χ4n) is 0.913. The Hall–Kier alpha value is -0.790. The average Bonchev–Trinajstić information content (AvgIpc) is 2.01. The van der Waals surface area contributed by atoms with Gasteiger partial charge in [-0.2, -0.15) is 8.42 Å². The van der Waals surface area contributed by atoms with Crippen molar-refractivity contribution in [1.29, 1.82) is 0 Å². The number of benzene rings is 1. The van der Waals surface area contributed by atoms with Crippen molar-refractivity contribution in [2.75, 3.05) is 11.8 Å². The van der Waals surface area contributed by atoms with Gasteiger partial charge in [0.05, 0.1) is 12.8 Å². The highest BCUT2D eigenvalue weighted by atomic mass is 79.9. The lowest BCUT2D eigenvalue weighted by molar-refractivity contribution is 0.417. The van der Waals surface area contributed by atoms with Crippen molar-refractivity contribution in [3.8, 4) is 5.75 Å². The van der Waals surface area contributed by atoms with Crippen molar-refractivity contribution in [1.82, 2.24) is 0 Å². The highest BCUT2D eigenvalue weighted by Gasteiger charge is 2.08. The second-order valence-corrected chi connectivity index (χ2v) is 4.70. The van der Waals surface area contributed by atoms with Gasteiger partial charge in [0.15, 0.2) is 0 Å². The number of methoxy groups -OCH3 is 1. The van der Waals surface area contributed by atoms with Crippen molar-refractivity contribution >= 4 is 31.8 Å². The van der Waals surface area contributed by atoms with E-state index in [1.807, 2.05) is 0 Å². The number of halogens is 1. The molecule has 0 amide bonds. The fraction of sp³-hybridized carbons (Fsp3) is 0.143. The molecule has 0 aliphatic heterocycles. The van der Waals surface area contributed by atoms with Crippen molar-refractivity contribution < 1.29 is 13.2 Å². The molecule has 0 aliphatic carbocycles. The van der Waals surface area contributed by atoms with Gasteiger partial charge in [-0.05, 0) is 18.2 Å². The number of hydrogen-bond donors (Lipinski definition) is 2. The van der Waals surface area contributed by atoms with Gasteiger partial charge in [-0.3, -0.25) is 4.72 Å². The molecule has 0 bridgehead atoms. The van der Waals surface area contributed by atoms with Crippen LogP contribution in [0, 0.1) is 0 Å². The molecule has 0 saturated carbocycles. The van der Waals surface area contributed by atoms with E-state index < -0.39 is 10.2 Å². The largest absolute Gasteiger partial charge is 0.495 e. The summed E-state index contributed by atoms with van der Waals surface area (Å²) < 4.78 is 29.4. The smallest absolute Gasteiger partial charge is 0.296 e. The molecule has 0 atom stereocenters. The van der Waals surface area contributed by atoms with E-state index >= 15 is 0 Å². The normalized spacial score (nSPS) is 11.1. The zero-order chi connectivity index (χ0) is 10.8. The van der Waals surface area contributed by atoms with Gasteiger partial charge in [-0.1, -0.05) is 15.9 Å². The van der Waals surface area contributed by atoms with Gasteiger partial charge in [0.1, 0.15) is 5.75 Å². The molecule has 1 aromatic rings. The number of anilines is 1. The molecule has 7 heteroatoms. The van der Waals surface area contributed by atoms with Crippen molar-refractivity contribution in [2.24, 2.45) is 5.14 Å². The highest BCUT2D eigenvalue weighted by Crippen LogP contribution is 2.28. The monoisotopic (exact) mass is 280 g/mol. The van der Waals surface area contributed by atoms with Crippen molar-refractivity contribution in [3.05, 3.63) is 22.7 Å². The number of nitrogens with one attached hydrogen (secondary N) is 1. The number of ether oxygens (including phenoxy) is 1. The first kappa shape index (κ1) is 11.3. The highest BCUT2D eigenvalue weighted by molar-refractivity contribution is 9.10. The zero-order valence-corrected chi connectivity index (χ0v) is 9.72. The second kappa shape index (κ2) is 4.16. The van der Waals surface area contributed by atoms with Crippen LogP contribution in [-0.2, 0) is 10.2 Å². The number of hydrogen-bond acceptors (Lipinski definition) is 3. The Balaban J connectivity index is 3.11. The minimum atomic E-state index is -3.78. The summed E-state index contributed by atoms with van der Waals surface area (Å²) in [5, 5.41) is 4.83. The van der Waals surface area contributed by atoms with Crippen LogP contribution in [-0.4, -0.2) is 15.5 Å². The topological polar surface area (TPSA) is 81.4 Å². The first-order chi connectivity index (χ1) is 6.42. The van der Waals surface area contributed by atoms with Gasteiger partial charge in [0.25, 0.3) is 10.2 Å². The molecule has 0 heterocycles. The van der Waals surface area contributed by atoms with Crippen LogP contribution in [0.1, 0.15) is 0 Å². The Labute approximate surface area is 90.6 Å². The quantitative estimate of drug-likeness (QED) is 0.869. The standard InChI is InChI=1S/C7H9BrN2O3S/c1-13-7-3-2-5(8)4-6(7)10-14(9,11)12/h2-4,10H,1H3,(H2,9,11,12). The summed E-state index contributed by atoms with van der Waals surface area (Å²) in [6.45, 7) is 0. The van der Waals surface area contributed by atoms with Gasteiger partial charge in [0, 0.05) is 4.47 Å². The maximum Gasteiger partial charge on any atom is 0.296 e. The third-order valence-electron chi connectivity index (χ3n) is 1.41. The van der Waals surface area contributed by atoms with E-state index in [1.165, 1.54) is 7.11 Å². The lowest BCUT2D eigenvalue weighted by Crippen LogP contribution is -2.22. The molecule has 14 heavy (non-hydrogen) atoms. The zero-order valence-electron chi connectivity index (χ0n) is 7.32. The Morgan fingerprint density at radius 3 is 2.64 bits per heavy atom. The van der Waals surface area contributed by atoms with Crippen LogP contribution in [0.25, 0.3) is 0 Å². The molecule has 0 fully saturated rings. The molecule has 5 nitrogen and oxygen atoms in total. The van der Waals surface area contributed by atoms with E-state index in [9.17, 15) is 8.42 Å². The van der Waals surface area contributed by atoms with Crippen LogP contribution in [0.3, 0.4) is 0 Å². The summed E-state index contributed by atoms with van der Waals surface area (Å²) in [6, 6.07) is 4.91. The number of rotatable bonds is 3. The minimum absolute atomic E-state index is 0.296. The average molecular weight is 281 g/mol. The minimum Gasteiger partial charge on any atom is -0.495 e. The maximum absolute atomic E-state index is 10.8. The molecular weight excluding hydrogens is 272 g/mol. The Bertz CT molecular complexity index is 433. The van der Waals surface area contributed by atoms with Crippen LogP contribution in [0.15, 0.2) is 22.7 Å². The molecule has 0 saturated heterocycles. The summed E-state index contributed by atoms with van der Waals surface area (Å²) in [5.41, 5.74) is 0.296. The van der Waals surface area contributed by atoms with E-state index in [1.54, 1.807) is 18.2 Å². The van der Waals surface area contributed by atoms with E-state index in [-0.39, 0.29) is 0 Å². The third-order valence-corrected chi connectivity index (χ3v) is 2.41. The van der Waals surface area contributed by atoms with E-state index in [4.69, 9.17) is 9.88 Å². The number of nitrogens with two attached hydrogens (primary N) is 1. The molecule has 0 aliphatic rings. The summed E-state index contributed by atoms with van der Waals surface area (Å²) in [5.74, 6) is 0.405. The first-order valence-corrected chi connectivity index (χ1v) is 5.90. The molecule has 0 spiro atoms. The Morgan fingerprint density at radius 1 is 1.50 bits per heavy atom. The fourth-order valence-corrected chi connectivity index (χ4v) is 1.74. The van der Waals surface area contributed by atoms with Crippen LogP contribution in [0.5, 0.6) is 5.75 Å². The van der Waals surface area contributed by atoms with Gasteiger partial charge in [-0.25, -0.2) is 5.14 Å². The molecule has 0 radical (unpaired) electrons. The molecule has 78 valence electrons. The molecule has 0 unspecified atom stereocenters. The first-order valence-electron chi connectivity index (χ1n) is 3.56. The van der Waals surface area contributed by atoms with Gasteiger partial charge < -0.3 is 4.74 Å². The lowest BCUT2D eigenvalue weighted by atomic mass is 10.3. The summed E-state index contributed by atoms with van der Waals surface area (Å²) in [4.78, 5) is 0.